The highest BCUT2D eigenvalue weighted by Gasteiger charge is 2.54. The summed E-state index contributed by atoms with van der Waals surface area (Å²) in [5, 5.41) is 19.1. The van der Waals surface area contributed by atoms with Crippen molar-refractivity contribution in [3.8, 4) is 0 Å². The van der Waals surface area contributed by atoms with Gasteiger partial charge in [0.25, 0.3) is 0 Å². The van der Waals surface area contributed by atoms with Gasteiger partial charge in [0.15, 0.2) is 5.79 Å². The Kier molecular flexibility index (Phi) is 27.1. The van der Waals surface area contributed by atoms with Gasteiger partial charge in [0.2, 0.25) is 0 Å². The van der Waals surface area contributed by atoms with Gasteiger partial charge in [-0.25, -0.2) is 9.36 Å². The van der Waals surface area contributed by atoms with Gasteiger partial charge in [0, 0.05) is 32.4 Å². The molecule has 3 unspecified atom stereocenters. The second kappa shape index (κ2) is 29.8. The summed E-state index contributed by atoms with van der Waals surface area (Å²) in [5.41, 5.74) is 0. The van der Waals surface area contributed by atoms with Crippen LogP contribution in [-0.4, -0.2) is 148 Å². The largest absolute Gasteiger partial charge is 0.472 e. The molecule has 0 saturated carbocycles. The number of nitrogens with zero attached hydrogens (tertiary/aromatic N) is 1. The zero-order valence-electron chi connectivity index (χ0n) is 37.1. The van der Waals surface area contributed by atoms with Crippen LogP contribution in [0, 0.1) is 0 Å². The number of rotatable bonds is 37. The summed E-state index contributed by atoms with van der Waals surface area (Å²) in [4.78, 5) is 33.7. The highest BCUT2D eigenvalue weighted by molar-refractivity contribution is 7.83. The van der Waals surface area contributed by atoms with Crippen LogP contribution < -0.4 is 4.72 Å². The topological polar surface area (TPSA) is 243 Å². The van der Waals surface area contributed by atoms with E-state index < -0.39 is 61.8 Å². The minimum Gasteiger partial charge on any atom is -0.460 e. The van der Waals surface area contributed by atoms with Gasteiger partial charge in [-0.05, 0) is 38.5 Å². The van der Waals surface area contributed by atoms with E-state index in [0.29, 0.717) is 30.5 Å². The lowest BCUT2D eigenvalue weighted by Gasteiger charge is -2.35. The summed E-state index contributed by atoms with van der Waals surface area (Å²) in [5.74, 6) is -1.58. The zero-order valence-corrected chi connectivity index (χ0v) is 38.8. The number of hydrogen-bond acceptors (Lipinski definition) is 14. The predicted octanol–water partition coefficient (Wildman–Crippen LogP) is 5.28. The Balaban J connectivity index is 1.54. The lowest BCUT2D eigenvalue weighted by Crippen LogP contribution is -2.43. The molecule has 2 bridgehead atoms. The maximum atomic E-state index is 12.1. The number of carbonyl (C=O) groups is 2. The molecule has 2 fully saturated rings. The Bertz CT molecular complexity index is 1420. The number of hydrogen-bond donors (Lipinski definition) is 5. The highest BCUT2D eigenvalue weighted by Crippen LogP contribution is 2.46. The Morgan fingerprint density at radius 3 is 2.11 bits per heavy atom. The zero-order chi connectivity index (χ0) is 45.2. The molecule has 61 heavy (non-hydrogen) atoms. The first-order valence-electron chi connectivity index (χ1n) is 22.2. The number of aliphatic hydroxyl groups excluding tert-OH is 2. The predicted molar refractivity (Wildman–Crippen MR) is 227 cm³/mol. The SMILES string of the molecule is CC(=O)O[C@@H]1CC[C@]2(CCCCCCCCCCCCCCOCC(CO)NS(=O)(=O)O)O[C@@H]1[C@@H](CCCCC/C=C/C(=O)OCC(O)COP(=O)(O)OCC[N+](C)(C)C)O2. The number of nitrogens with one attached hydrogen (secondary N) is 1. The van der Waals surface area contributed by atoms with Crippen LogP contribution in [0.25, 0.3) is 0 Å². The van der Waals surface area contributed by atoms with E-state index in [1.165, 1.54) is 57.9 Å². The van der Waals surface area contributed by atoms with Crippen LogP contribution in [0.2, 0.25) is 0 Å². The van der Waals surface area contributed by atoms with Crippen molar-refractivity contribution in [3.05, 3.63) is 12.2 Å². The Labute approximate surface area is 364 Å². The highest BCUT2D eigenvalue weighted by atomic mass is 32.2. The van der Waals surface area contributed by atoms with E-state index in [0.717, 1.165) is 70.6 Å². The second-order valence-electron chi connectivity index (χ2n) is 17.3. The van der Waals surface area contributed by atoms with Gasteiger partial charge in [-0.1, -0.05) is 83.1 Å². The molecule has 5 N–H and O–H groups in total. The molecule has 0 radical (unpaired) electrons. The normalized spacial score (nSPS) is 22.6. The molecule has 2 aliphatic heterocycles. The average Bonchev–Trinajstić information content (AvgIpc) is 3.47. The smallest absolute Gasteiger partial charge is 0.460 e. The minimum atomic E-state index is -4.37. The van der Waals surface area contributed by atoms with E-state index in [1.807, 2.05) is 25.9 Å². The Morgan fingerprint density at radius 1 is 0.885 bits per heavy atom. The maximum absolute atomic E-state index is 12.1. The number of unbranched alkanes of at least 4 members (excludes halogenated alkanes) is 14. The lowest BCUT2D eigenvalue weighted by atomic mass is 9.94. The molecule has 2 rings (SSSR count). The quantitative estimate of drug-likeness (QED) is 0.0133. The number of phosphoric acid groups is 1. The summed E-state index contributed by atoms with van der Waals surface area (Å²) >= 11 is 0. The molecule has 0 aromatic carbocycles. The molecule has 0 spiro atoms. The van der Waals surface area contributed by atoms with E-state index in [9.17, 15) is 32.6 Å². The number of carbonyl (C=O) groups excluding carboxylic acids is 2. The number of likely N-dealkylation sites (N-methyl/N-ethyl adjacent to an activating group) is 1. The molecule has 358 valence electrons. The summed E-state index contributed by atoms with van der Waals surface area (Å²) in [6.07, 6.45) is 20.8. The van der Waals surface area contributed by atoms with E-state index in [4.69, 9.17) is 42.4 Å². The monoisotopic (exact) mass is 917 g/mol. The molecule has 0 aromatic heterocycles. The van der Waals surface area contributed by atoms with E-state index >= 15 is 0 Å². The fourth-order valence-corrected chi connectivity index (χ4v) is 8.58. The summed E-state index contributed by atoms with van der Waals surface area (Å²) < 4.78 is 83.7. The molecule has 2 aliphatic rings. The van der Waals surface area contributed by atoms with Crippen LogP contribution in [0.5, 0.6) is 0 Å². The van der Waals surface area contributed by atoms with Crippen molar-refractivity contribution in [2.24, 2.45) is 0 Å². The fraction of sp³-hybridized carbons (Fsp3) is 0.902. The standard InChI is InChI=1S/C41H77N2O16PS/c1-34(45)57-37-24-26-41(25-20-16-11-9-7-5-6-8-10-12-17-21-28-53-31-35(30-44)42-61(50,51)52)58-38(40(37)59-41)22-18-14-13-15-19-23-39(47)54-32-36(46)33-56-60(48,49)55-29-27-43(2,3)4/h19,23,35-38,40,42,44,46H,5-18,20-22,24-33H2,1-4H3,(H-,48,49,50,51,52)/p+1/b23-19+/t35?,36?,37-,38-,40+,41+/m1/s1. The van der Waals surface area contributed by atoms with Crippen LogP contribution in [0.3, 0.4) is 0 Å². The molecule has 0 aliphatic carbocycles. The number of quaternary nitrogens is 1. The number of fused-ring (bicyclic) bond motifs is 2. The number of esters is 2. The number of ether oxygens (including phenoxy) is 5. The minimum absolute atomic E-state index is 0.00629. The van der Waals surface area contributed by atoms with Crippen LogP contribution in [0.1, 0.15) is 135 Å². The van der Waals surface area contributed by atoms with E-state index in [1.54, 1.807) is 6.08 Å². The second-order valence-corrected chi connectivity index (χ2v) is 20.0. The van der Waals surface area contributed by atoms with Gasteiger partial charge in [-0.3, -0.25) is 18.4 Å². The first-order chi connectivity index (χ1) is 28.8. The van der Waals surface area contributed by atoms with Gasteiger partial charge in [0.05, 0.1) is 53.1 Å². The number of allylic oxidation sites excluding steroid dienone is 1. The first-order valence-corrected chi connectivity index (χ1v) is 25.2. The summed E-state index contributed by atoms with van der Waals surface area (Å²) in [6.45, 7) is 1.04. The molecular formula is C41H78N2O16PS+. The third kappa shape index (κ3) is 27.4. The van der Waals surface area contributed by atoms with Crippen molar-refractivity contribution in [3.63, 3.8) is 0 Å². The van der Waals surface area contributed by atoms with Crippen molar-refractivity contribution < 1.29 is 79.4 Å². The molecular weight excluding hydrogens is 839 g/mol. The third-order valence-electron chi connectivity index (χ3n) is 10.5. The van der Waals surface area contributed by atoms with Crippen molar-refractivity contribution in [1.82, 2.24) is 4.72 Å². The van der Waals surface area contributed by atoms with Gasteiger partial charge in [-0.2, -0.15) is 13.1 Å². The Hall–Kier alpha value is -1.58. The lowest BCUT2D eigenvalue weighted by molar-refractivity contribution is -0.870. The number of phosphoric ester groups is 1. The molecule has 2 saturated heterocycles. The Morgan fingerprint density at radius 2 is 1.51 bits per heavy atom. The van der Waals surface area contributed by atoms with E-state index in [-0.39, 0.29) is 37.5 Å². The van der Waals surface area contributed by atoms with Crippen molar-refractivity contribution >= 4 is 30.1 Å². The molecule has 0 amide bonds. The number of aliphatic hydroxyl groups is 2. The van der Waals surface area contributed by atoms with Gasteiger partial charge >= 0.3 is 30.1 Å². The van der Waals surface area contributed by atoms with Crippen LogP contribution in [0.15, 0.2) is 12.2 Å². The summed E-state index contributed by atoms with van der Waals surface area (Å²) in [6, 6.07) is -0.853. The fourth-order valence-electron chi connectivity index (χ4n) is 7.27. The van der Waals surface area contributed by atoms with Crippen molar-refractivity contribution in [2.75, 3.05) is 67.3 Å². The third-order valence-corrected chi connectivity index (χ3v) is 12.1. The molecule has 7 atom stereocenters. The molecule has 2 heterocycles. The van der Waals surface area contributed by atoms with Crippen LogP contribution in [-0.2, 0) is 57.2 Å². The van der Waals surface area contributed by atoms with Gasteiger partial charge in [0.1, 0.15) is 38.1 Å². The summed E-state index contributed by atoms with van der Waals surface area (Å²) in [7, 11) is -2.97. The van der Waals surface area contributed by atoms with Crippen molar-refractivity contribution in [1.29, 1.82) is 0 Å². The molecule has 18 nitrogen and oxygen atoms in total. The van der Waals surface area contributed by atoms with Crippen LogP contribution in [0.4, 0.5) is 0 Å². The molecule has 0 aromatic rings. The van der Waals surface area contributed by atoms with Crippen LogP contribution >= 0.6 is 7.82 Å². The first kappa shape index (κ1) is 55.6. The average molecular weight is 918 g/mol. The van der Waals surface area contributed by atoms with E-state index in [2.05, 4.69) is 0 Å². The van der Waals surface area contributed by atoms with Gasteiger partial charge < -0.3 is 43.3 Å². The van der Waals surface area contributed by atoms with Crippen molar-refractivity contribution in [2.45, 2.75) is 172 Å². The van der Waals surface area contributed by atoms with Gasteiger partial charge in [-0.15, -0.1) is 0 Å². The molecule has 20 heteroatoms. The maximum Gasteiger partial charge on any atom is 0.472 e.